The van der Waals surface area contributed by atoms with Crippen LogP contribution >= 0.6 is 0 Å². The maximum absolute atomic E-state index is 6.74. The summed E-state index contributed by atoms with van der Waals surface area (Å²) in [5.74, 6) is 0. The highest BCUT2D eigenvalue weighted by Gasteiger charge is 2.25. The molecule has 270 valence electrons. The highest BCUT2D eigenvalue weighted by atomic mass is 16.3. The molecule has 57 heavy (non-hydrogen) atoms. The summed E-state index contributed by atoms with van der Waals surface area (Å²) in [6.45, 7) is 2.04. The third kappa shape index (κ3) is 5.20. The van der Waals surface area contributed by atoms with Gasteiger partial charge in [0, 0.05) is 40.1 Å². The summed E-state index contributed by atoms with van der Waals surface area (Å²) in [7, 11) is 2.18. The van der Waals surface area contributed by atoms with E-state index in [1.165, 1.54) is 60.1 Å². The molecule has 10 aromatic rings. The number of nitrogens with zero attached hydrogens (tertiary/aromatic N) is 2. The Morgan fingerprint density at radius 1 is 0.526 bits per heavy atom. The highest BCUT2D eigenvalue weighted by Crippen LogP contribution is 2.43. The number of benzene rings is 8. The van der Waals surface area contributed by atoms with Gasteiger partial charge < -0.3 is 13.9 Å². The molecule has 3 heteroatoms. The number of para-hydroxylation sites is 3. The molecule has 0 amide bonds. The quantitative estimate of drug-likeness (QED) is 0.168. The van der Waals surface area contributed by atoms with E-state index in [0.717, 1.165) is 49.8 Å². The first-order valence-electron chi connectivity index (χ1n) is 19.6. The van der Waals surface area contributed by atoms with Crippen molar-refractivity contribution in [3.05, 3.63) is 210 Å². The molecule has 0 N–H and O–H groups in total. The average Bonchev–Trinajstić information content (AvgIpc) is 3.80. The number of hydrogen-bond donors (Lipinski definition) is 0. The maximum Gasteiger partial charge on any atom is 0.137 e. The monoisotopic (exact) mass is 730 g/mol. The van der Waals surface area contributed by atoms with Crippen molar-refractivity contribution in [1.29, 1.82) is 0 Å². The van der Waals surface area contributed by atoms with Crippen LogP contribution in [0.2, 0.25) is 0 Å². The molecule has 0 saturated carbocycles. The summed E-state index contributed by atoms with van der Waals surface area (Å²) >= 11 is 0. The van der Waals surface area contributed by atoms with Crippen LogP contribution in [-0.4, -0.2) is 11.6 Å². The molecule has 0 unspecified atom stereocenters. The molecular weight excluding hydrogens is 693 g/mol. The number of aromatic nitrogens is 1. The second-order valence-electron chi connectivity index (χ2n) is 14.9. The number of furan rings is 1. The minimum Gasteiger partial charge on any atom is -0.456 e. The lowest BCUT2D eigenvalue weighted by Gasteiger charge is -2.30. The Hall–Kier alpha value is -7.36. The van der Waals surface area contributed by atoms with Crippen LogP contribution in [-0.2, 0) is 0 Å². The zero-order valence-corrected chi connectivity index (χ0v) is 31.8. The molecule has 3 heterocycles. The van der Waals surface area contributed by atoms with Gasteiger partial charge in [-0.1, -0.05) is 127 Å². The normalized spacial score (nSPS) is 14.5. The van der Waals surface area contributed by atoms with Gasteiger partial charge >= 0.3 is 0 Å². The predicted octanol–water partition coefficient (Wildman–Crippen LogP) is 12.5. The van der Waals surface area contributed by atoms with E-state index in [1.54, 1.807) is 0 Å². The Balaban J connectivity index is 1.18. The summed E-state index contributed by atoms with van der Waals surface area (Å²) in [5, 5.41) is 9.62. The van der Waals surface area contributed by atoms with E-state index in [0.29, 0.717) is 0 Å². The fourth-order valence-electron chi connectivity index (χ4n) is 9.04. The van der Waals surface area contributed by atoms with Crippen molar-refractivity contribution in [3.8, 4) is 16.8 Å². The molecule has 3 nitrogen and oxygen atoms in total. The lowest BCUT2D eigenvalue weighted by atomic mass is 9.86. The Kier molecular flexibility index (Phi) is 7.61. The van der Waals surface area contributed by atoms with E-state index in [4.69, 9.17) is 4.42 Å². The van der Waals surface area contributed by atoms with Crippen molar-refractivity contribution in [3.63, 3.8) is 0 Å². The van der Waals surface area contributed by atoms with Crippen LogP contribution in [0.1, 0.15) is 18.1 Å². The summed E-state index contributed by atoms with van der Waals surface area (Å²) in [5.41, 5.74) is 13.4. The third-order valence-corrected chi connectivity index (χ3v) is 11.7. The van der Waals surface area contributed by atoms with Crippen molar-refractivity contribution in [1.82, 2.24) is 4.57 Å². The minimum atomic E-state index is 0.835. The van der Waals surface area contributed by atoms with Crippen molar-refractivity contribution < 1.29 is 4.42 Å². The van der Waals surface area contributed by atoms with E-state index in [2.05, 4.69) is 211 Å². The van der Waals surface area contributed by atoms with Crippen LogP contribution in [0.5, 0.6) is 0 Å². The zero-order chi connectivity index (χ0) is 38.0. The van der Waals surface area contributed by atoms with Gasteiger partial charge in [-0.2, -0.15) is 0 Å². The number of allylic oxidation sites excluding steroid dienone is 2. The first-order chi connectivity index (χ1) is 28.2. The Morgan fingerprint density at radius 3 is 2.04 bits per heavy atom. The molecule has 0 spiro atoms. The number of hydrogen-bond acceptors (Lipinski definition) is 2. The Morgan fingerprint density at radius 2 is 1.19 bits per heavy atom. The summed E-state index contributed by atoms with van der Waals surface area (Å²) in [4.78, 5) is 2.33. The second kappa shape index (κ2) is 13.1. The van der Waals surface area contributed by atoms with Crippen LogP contribution in [0, 0.1) is 0 Å². The first-order valence-corrected chi connectivity index (χ1v) is 19.6. The lowest BCUT2D eigenvalue weighted by molar-refractivity contribution is 0.575. The number of rotatable bonds is 4. The fourth-order valence-corrected chi connectivity index (χ4v) is 9.04. The van der Waals surface area contributed by atoms with Crippen LogP contribution in [0.3, 0.4) is 0 Å². The van der Waals surface area contributed by atoms with Gasteiger partial charge in [-0.25, -0.2) is 0 Å². The van der Waals surface area contributed by atoms with Gasteiger partial charge in [0.05, 0.1) is 21.9 Å². The highest BCUT2D eigenvalue weighted by molar-refractivity contribution is 6.15. The molecule has 8 aromatic carbocycles. The lowest BCUT2D eigenvalue weighted by Crippen LogP contribution is -2.32. The van der Waals surface area contributed by atoms with Crippen LogP contribution in [0.25, 0.3) is 88.5 Å². The van der Waals surface area contributed by atoms with Crippen molar-refractivity contribution in [2.75, 3.05) is 11.9 Å². The number of likely N-dealkylation sites (N-methyl/N-ethyl adjacent to an activating group) is 1. The smallest absolute Gasteiger partial charge is 0.137 e. The molecule has 0 bridgehead atoms. The van der Waals surface area contributed by atoms with Crippen LogP contribution in [0.15, 0.2) is 193 Å². The van der Waals surface area contributed by atoms with Gasteiger partial charge in [0.25, 0.3) is 0 Å². The molecule has 2 aromatic heterocycles. The molecular formula is C54H38N2O. The van der Waals surface area contributed by atoms with Gasteiger partial charge in [-0.15, -0.1) is 0 Å². The van der Waals surface area contributed by atoms with Crippen molar-refractivity contribution in [2.45, 2.75) is 6.92 Å². The Labute approximate surface area is 330 Å². The third-order valence-electron chi connectivity index (χ3n) is 11.7. The molecule has 1 aliphatic heterocycles. The average molecular weight is 731 g/mol. The summed E-state index contributed by atoms with van der Waals surface area (Å²) in [6.07, 6.45) is 8.60. The van der Waals surface area contributed by atoms with Crippen molar-refractivity contribution in [2.24, 2.45) is 0 Å². The van der Waals surface area contributed by atoms with E-state index in [9.17, 15) is 0 Å². The number of anilines is 1. The van der Waals surface area contributed by atoms with Gasteiger partial charge in [-0.05, 0) is 117 Å². The Bertz CT molecular complexity index is 3430. The molecule has 0 aliphatic carbocycles. The van der Waals surface area contributed by atoms with Gasteiger partial charge in [-0.3, -0.25) is 0 Å². The second-order valence-corrected chi connectivity index (χ2v) is 14.9. The van der Waals surface area contributed by atoms with E-state index in [1.807, 2.05) is 6.92 Å². The van der Waals surface area contributed by atoms with E-state index >= 15 is 0 Å². The largest absolute Gasteiger partial charge is 0.456 e. The molecule has 0 atom stereocenters. The zero-order valence-electron chi connectivity index (χ0n) is 31.8. The fraction of sp³-hybridized carbons (Fsp3) is 0.0370. The van der Waals surface area contributed by atoms with Crippen molar-refractivity contribution >= 4 is 77.4 Å². The summed E-state index contributed by atoms with van der Waals surface area (Å²) in [6, 6.07) is 61.5. The molecule has 1 aliphatic rings. The topological polar surface area (TPSA) is 21.3 Å². The molecule has 11 rings (SSSR count). The molecule has 0 radical (unpaired) electrons. The predicted molar refractivity (Wildman–Crippen MR) is 241 cm³/mol. The SMILES string of the molecule is C\C=C/C=c1/oc2ccc(-c3ccc4c(c3)c3ccccc3n4-c3ccccc3)cc2/c1=C1\C=C(c2cc3ccccc3c3ccccc23)c2ccccc2N1C. The van der Waals surface area contributed by atoms with Crippen LogP contribution < -0.4 is 15.5 Å². The van der Waals surface area contributed by atoms with Gasteiger partial charge in [0.1, 0.15) is 11.0 Å². The van der Waals surface area contributed by atoms with E-state index in [-0.39, 0.29) is 0 Å². The first kappa shape index (κ1) is 33.0. The summed E-state index contributed by atoms with van der Waals surface area (Å²) < 4.78 is 9.11. The minimum absolute atomic E-state index is 0.835. The standard InChI is InChI=1S/C54H38N2O/c1-3-4-26-53-54(51-34-45(42-22-12-14-24-48(42)55(51)2)44-33-37-16-8-9-19-39(37)40-20-10-11-21-41(40)44)47-32-36(28-30-52(47)57-53)35-27-29-50-46(31-35)43-23-13-15-25-49(43)56(50)38-17-6-5-7-18-38/h3-34H,1-2H3/b4-3-,53-26+,54-51-. The number of fused-ring (bicyclic) bond motifs is 8. The molecule has 0 fully saturated rings. The molecule has 0 saturated heterocycles. The van der Waals surface area contributed by atoms with Gasteiger partial charge in [0.2, 0.25) is 0 Å². The van der Waals surface area contributed by atoms with Gasteiger partial charge in [0.15, 0.2) is 0 Å². The van der Waals surface area contributed by atoms with Crippen LogP contribution in [0.4, 0.5) is 5.69 Å². The van der Waals surface area contributed by atoms with E-state index < -0.39 is 0 Å². The maximum atomic E-state index is 6.74.